The highest BCUT2D eigenvalue weighted by atomic mass is 79.9. The summed E-state index contributed by atoms with van der Waals surface area (Å²) >= 11 is 43.5. The van der Waals surface area contributed by atoms with E-state index < -0.39 is 29.7 Å². The molecule has 0 saturated carbocycles. The molecule has 0 bridgehead atoms. The first-order chi connectivity index (χ1) is 27.4. The molecule has 4 aromatic carbocycles. The van der Waals surface area contributed by atoms with Crippen molar-refractivity contribution in [2.24, 2.45) is 15.7 Å². The number of alkyl halides is 7. The lowest BCUT2D eigenvalue weighted by Crippen LogP contribution is -2.43. The molecule has 0 amide bonds. The molecular formula is C40H34Br4Cl4F6N4S2. The van der Waals surface area contributed by atoms with E-state index in [2.05, 4.69) is 75.3 Å². The van der Waals surface area contributed by atoms with Crippen LogP contribution in [0.15, 0.2) is 91.7 Å². The van der Waals surface area contributed by atoms with E-state index in [4.69, 9.17) is 64.4 Å². The lowest BCUT2D eigenvalue weighted by atomic mass is 9.76. The zero-order valence-electron chi connectivity index (χ0n) is 31.3. The van der Waals surface area contributed by atoms with E-state index in [1.54, 1.807) is 38.1 Å². The molecule has 0 saturated heterocycles. The highest BCUT2D eigenvalue weighted by Crippen LogP contribution is 2.50. The molecule has 0 radical (unpaired) electrons. The van der Waals surface area contributed by atoms with E-state index in [1.807, 2.05) is 12.1 Å². The number of thiocarbonyl (C=S) groups is 2. The predicted octanol–water partition coefficient (Wildman–Crippen LogP) is 15.1. The minimum atomic E-state index is -4.51. The number of benzene rings is 4. The maximum atomic E-state index is 14.2. The van der Waals surface area contributed by atoms with E-state index in [9.17, 15) is 26.3 Å². The molecule has 2 atom stereocenters. The van der Waals surface area contributed by atoms with Crippen LogP contribution in [0.1, 0.15) is 60.1 Å². The molecule has 2 heterocycles. The van der Waals surface area contributed by atoms with Crippen molar-refractivity contribution in [3.63, 3.8) is 0 Å². The predicted molar refractivity (Wildman–Crippen MR) is 259 cm³/mol. The molecule has 0 aliphatic carbocycles. The van der Waals surface area contributed by atoms with E-state index in [-0.39, 0.29) is 67.6 Å². The van der Waals surface area contributed by atoms with Crippen LogP contribution in [-0.4, -0.2) is 46.8 Å². The van der Waals surface area contributed by atoms with Crippen LogP contribution >= 0.6 is 136 Å². The first-order valence-electron chi connectivity index (χ1n) is 17.2. The normalized spacial score (nSPS) is 18.5. The number of nitrogens with one attached hydrogen (secondary N) is 1. The van der Waals surface area contributed by atoms with Crippen molar-refractivity contribution >= 4 is 157 Å². The van der Waals surface area contributed by atoms with Crippen LogP contribution in [0, 0.1) is 0 Å². The van der Waals surface area contributed by atoms with Crippen LogP contribution in [-0.2, 0) is 22.7 Å². The van der Waals surface area contributed by atoms with Gasteiger partial charge < -0.3 is 11.1 Å². The van der Waals surface area contributed by atoms with Crippen LogP contribution in [0.2, 0.25) is 20.1 Å². The van der Waals surface area contributed by atoms with Crippen LogP contribution < -0.4 is 11.1 Å². The lowest BCUT2D eigenvalue weighted by molar-refractivity contribution is -0.184. The van der Waals surface area contributed by atoms with Gasteiger partial charge in [0.2, 0.25) is 0 Å². The van der Waals surface area contributed by atoms with Gasteiger partial charge in [-0.05, 0) is 95.8 Å². The highest BCUT2D eigenvalue weighted by Gasteiger charge is 2.59. The van der Waals surface area contributed by atoms with E-state index in [1.165, 1.54) is 36.4 Å². The highest BCUT2D eigenvalue weighted by molar-refractivity contribution is 9.11. The van der Waals surface area contributed by atoms with Crippen LogP contribution in [0.5, 0.6) is 0 Å². The smallest absolute Gasteiger partial charge is 0.394 e. The average molecular weight is 1210 g/mol. The Morgan fingerprint density at radius 1 is 0.683 bits per heavy atom. The number of halogens is 14. The van der Waals surface area contributed by atoms with Crippen LogP contribution in [0.25, 0.3) is 0 Å². The van der Waals surface area contributed by atoms with Gasteiger partial charge in [-0.2, -0.15) is 26.3 Å². The summed E-state index contributed by atoms with van der Waals surface area (Å²) in [6.45, 7) is 3.18. The molecule has 2 aliphatic rings. The fourth-order valence-electron chi connectivity index (χ4n) is 6.32. The van der Waals surface area contributed by atoms with Gasteiger partial charge in [0.25, 0.3) is 0 Å². The molecule has 324 valence electrons. The second-order valence-corrected chi connectivity index (χ2v) is 18.9. The standard InChI is InChI=1S/C20H16BrCl2F3N2S.C18H12Br2Cl2F3N.C2H5NS.BrH/c1-11(29)27-9-13-3-2-12(4-17(13)21)18-8-19(10-28-18,20(24,25)26)14-5-15(22)7-16(23)6-14;19-8-11-2-1-10(3-15(11)20)16-7-17(9-26-16,18(23,24)25)12-4-13(21)6-14(22)5-12;1-2(3)4;/h2-7H,8-10H2,1H3,(H,27,29);1-6H,7-9H2;1H3,(H2,3,4);1H. The van der Waals surface area contributed by atoms with Gasteiger partial charge in [0.15, 0.2) is 0 Å². The number of aliphatic imine (C=N–C) groups is 2. The Kier molecular flexibility index (Phi) is 19.5. The second kappa shape index (κ2) is 22.0. The summed E-state index contributed by atoms with van der Waals surface area (Å²) in [6.07, 6.45) is -9.53. The molecular weight excluding hydrogens is 1180 g/mol. The van der Waals surface area contributed by atoms with Gasteiger partial charge in [0.05, 0.1) is 23.1 Å². The zero-order chi connectivity index (χ0) is 44.1. The third-order valence-corrected chi connectivity index (χ3v) is 12.5. The first-order valence-corrected chi connectivity index (χ1v) is 22.2. The van der Waals surface area contributed by atoms with Crippen molar-refractivity contribution < 1.29 is 26.3 Å². The molecule has 0 spiro atoms. The number of hydrogen-bond donors (Lipinski definition) is 2. The number of rotatable bonds is 7. The number of nitrogens with two attached hydrogens (primary N) is 1. The molecule has 0 aromatic heterocycles. The fourth-order valence-corrected chi connectivity index (χ4v) is 9.35. The van der Waals surface area contributed by atoms with Crippen molar-refractivity contribution in [1.82, 2.24) is 5.32 Å². The monoisotopic (exact) mass is 1200 g/mol. The fraction of sp³-hybridized carbons (Fsp3) is 0.300. The Bertz CT molecular complexity index is 2250. The first kappa shape index (κ1) is 53.0. The van der Waals surface area contributed by atoms with Crippen molar-refractivity contribution in [2.75, 3.05) is 13.1 Å². The maximum absolute atomic E-state index is 14.2. The van der Waals surface area contributed by atoms with Gasteiger partial charge in [0, 0.05) is 65.2 Å². The van der Waals surface area contributed by atoms with Crippen molar-refractivity contribution in [1.29, 1.82) is 0 Å². The minimum Gasteiger partial charge on any atom is -0.394 e. The van der Waals surface area contributed by atoms with Crippen molar-refractivity contribution in [2.45, 2.75) is 61.7 Å². The molecule has 3 N–H and O–H groups in total. The summed E-state index contributed by atoms with van der Waals surface area (Å²) in [6, 6.07) is 19.0. The Balaban J connectivity index is 0.000000291. The topological polar surface area (TPSA) is 62.8 Å². The van der Waals surface area contributed by atoms with Crippen LogP contribution in [0.3, 0.4) is 0 Å². The van der Waals surface area contributed by atoms with E-state index in [0.29, 0.717) is 44.4 Å². The Labute approximate surface area is 410 Å². The van der Waals surface area contributed by atoms with Crippen molar-refractivity contribution in [3.05, 3.63) is 135 Å². The summed E-state index contributed by atoms with van der Waals surface area (Å²) < 4.78 is 86.4. The molecule has 60 heavy (non-hydrogen) atoms. The Morgan fingerprint density at radius 3 is 1.33 bits per heavy atom. The molecule has 2 unspecified atom stereocenters. The average Bonchev–Trinajstić information content (AvgIpc) is 3.78. The van der Waals surface area contributed by atoms with Gasteiger partial charge in [0.1, 0.15) is 10.8 Å². The maximum Gasteiger partial charge on any atom is 0.400 e. The molecule has 4 nitrogen and oxygen atoms in total. The summed E-state index contributed by atoms with van der Waals surface area (Å²) in [7, 11) is 0. The lowest BCUT2D eigenvalue weighted by Gasteiger charge is -2.31. The SMILES string of the molecule is Br.CC(=S)NCc1ccc(C2=NCC(c3cc(Cl)cc(Cl)c3)(C(F)(F)F)C2)cc1Br.CC(N)=S.FC(F)(F)C1(c2cc(Cl)cc(Cl)c2)CN=C(c2ccc(CBr)c(Br)c2)C1. The largest absolute Gasteiger partial charge is 0.400 e. The Hall–Kier alpha value is -1.34. The third kappa shape index (κ3) is 13.1. The molecule has 20 heteroatoms. The molecule has 4 aromatic rings. The molecule has 6 rings (SSSR count). The summed E-state index contributed by atoms with van der Waals surface area (Å²) in [5.41, 5.74) is 4.70. The zero-order valence-corrected chi connectivity index (χ0v) is 42.4. The van der Waals surface area contributed by atoms with Gasteiger partial charge in [-0.1, -0.05) is 143 Å². The van der Waals surface area contributed by atoms with Crippen molar-refractivity contribution in [3.8, 4) is 0 Å². The van der Waals surface area contributed by atoms with Gasteiger partial charge in [-0.25, -0.2) is 0 Å². The summed E-state index contributed by atoms with van der Waals surface area (Å²) in [5, 5.41) is 4.38. The molecule has 2 aliphatic heterocycles. The van der Waals surface area contributed by atoms with Gasteiger partial charge in [-0.3, -0.25) is 9.98 Å². The number of nitrogens with zero attached hydrogens (tertiary/aromatic N) is 2. The Morgan fingerprint density at radius 2 is 1.03 bits per heavy atom. The number of hydrogen-bond acceptors (Lipinski definition) is 4. The van der Waals surface area contributed by atoms with Gasteiger partial charge in [-0.15, -0.1) is 17.0 Å². The summed E-state index contributed by atoms with van der Waals surface area (Å²) in [5.74, 6) is 0. The molecule has 0 fully saturated rings. The quantitative estimate of drug-likeness (QED) is 0.110. The van der Waals surface area contributed by atoms with Gasteiger partial charge >= 0.3 is 12.4 Å². The van der Waals surface area contributed by atoms with E-state index in [0.717, 1.165) is 20.1 Å². The summed E-state index contributed by atoms with van der Waals surface area (Å²) in [4.78, 5) is 9.66. The second-order valence-electron chi connectivity index (χ2n) is 13.6. The van der Waals surface area contributed by atoms with Crippen LogP contribution in [0.4, 0.5) is 26.3 Å². The van der Waals surface area contributed by atoms with E-state index >= 15 is 0 Å². The third-order valence-electron chi connectivity index (χ3n) is 9.38. The minimum absolute atomic E-state index is 0.